The van der Waals surface area contributed by atoms with Crippen molar-refractivity contribution in [2.75, 3.05) is 19.3 Å². The first kappa shape index (κ1) is 11.6. The number of carbonyl (C=O) groups excluding carboxylic acids is 1. The minimum absolute atomic E-state index is 0.132. The maximum atomic E-state index is 11.8. The summed E-state index contributed by atoms with van der Waals surface area (Å²) in [5.41, 5.74) is 6.75. The van der Waals surface area contributed by atoms with Crippen molar-refractivity contribution in [1.29, 1.82) is 0 Å². The Bertz CT molecular complexity index is 423. The molecule has 0 aliphatic heterocycles. The second kappa shape index (κ2) is 4.85. The van der Waals surface area contributed by atoms with Gasteiger partial charge in [0.15, 0.2) is 0 Å². The largest absolute Gasteiger partial charge is 0.398 e. The van der Waals surface area contributed by atoms with Crippen LogP contribution in [-0.4, -0.2) is 24.4 Å². The van der Waals surface area contributed by atoms with Crippen molar-refractivity contribution in [2.24, 2.45) is 0 Å². The summed E-state index contributed by atoms with van der Waals surface area (Å²) in [6, 6.07) is 5.07. The lowest BCUT2D eigenvalue weighted by molar-refractivity contribution is 0.0812. The highest BCUT2D eigenvalue weighted by Gasteiger charge is 2.11. The van der Waals surface area contributed by atoms with Crippen LogP contribution in [0.15, 0.2) is 22.7 Å². The summed E-state index contributed by atoms with van der Waals surface area (Å²) >= 11 is 3.26. The molecule has 0 bridgehead atoms. The van der Waals surface area contributed by atoms with E-state index in [1.807, 2.05) is 0 Å². The van der Waals surface area contributed by atoms with Crippen LogP contribution in [-0.2, 0) is 0 Å². The van der Waals surface area contributed by atoms with Crippen LogP contribution < -0.4 is 5.73 Å². The third-order valence-corrected chi connectivity index (χ3v) is 2.64. The van der Waals surface area contributed by atoms with Crippen LogP contribution in [0.4, 0.5) is 5.69 Å². The number of benzene rings is 1. The van der Waals surface area contributed by atoms with Crippen molar-refractivity contribution in [3.63, 3.8) is 0 Å². The third kappa shape index (κ3) is 2.74. The average Bonchev–Trinajstić information content (AvgIpc) is 2.21. The number of terminal acetylenes is 1. The predicted molar refractivity (Wildman–Crippen MR) is 64.3 cm³/mol. The molecule has 0 aromatic heterocycles. The first-order chi connectivity index (χ1) is 7.06. The Kier molecular flexibility index (Phi) is 3.75. The zero-order chi connectivity index (χ0) is 11.4. The van der Waals surface area contributed by atoms with Crippen molar-refractivity contribution < 1.29 is 4.79 Å². The van der Waals surface area contributed by atoms with Gasteiger partial charge >= 0.3 is 0 Å². The Morgan fingerprint density at radius 2 is 2.33 bits per heavy atom. The van der Waals surface area contributed by atoms with Crippen molar-refractivity contribution in [3.05, 3.63) is 28.2 Å². The highest BCUT2D eigenvalue weighted by Crippen LogP contribution is 2.20. The highest BCUT2D eigenvalue weighted by atomic mass is 79.9. The topological polar surface area (TPSA) is 46.3 Å². The van der Waals surface area contributed by atoms with Gasteiger partial charge in [0, 0.05) is 22.8 Å². The van der Waals surface area contributed by atoms with Gasteiger partial charge in [-0.3, -0.25) is 4.79 Å². The number of nitrogen functional groups attached to an aromatic ring is 1. The first-order valence-electron chi connectivity index (χ1n) is 4.30. The predicted octanol–water partition coefficient (Wildman–Crippen LogP) is 1.74. The molecule has 2 N–H and O–H groups in total. The minimum atomic E-state index is -0.132. The molecule has 0 atom stereocenters. The normalized spacial score (nSPS) is 9.40. The molecular formula is C11H11BrN2O. The Balaban J connectivity index is 2.93. The zero-order valence-corrected chi connectivity index (χ0v) is 9.91. The average molecular weight is 267 g/mol. The number of carbonyl (C=O) groups is 1. The van der Waals surface area contributed by atoms with Gasteiger partial charge < -0.3 is 10.6 Å². The van der Waals surface area contributed by atoms with Crippen molar-refractivity contribution in [2.45, 2.75) is 0 Å². The van der Waals surface area contributed by atoms with E-state index in [9.17, 15) is 4.79 Å². The molecule has 0 unspecified atom stereocenters. The summed E-state index contributed by atoms with van der Waals surface area (Å²) < 4.78 is 0.777. The van der Waals surface area contributed by atoms with Gasteiger partial charge in [0.25, 0.3) is 5.91 Å². The van der Waals surface area contributed by atoms with E-state index in [1.54, 1.807) is 25.2 Å². The van der Waals surface area contributed by atoms with Gasteiger partial charge in [-0.2, -0.15) is 0 Å². The Hall–Kier alpha value is -1.47. The van der Waals surface area contributed by atoms with Gasteiger partial charge in [-0.25, -0.2) is 0 Å². The van der Waals surface area contributed by atoms with E-state index in [0.717, 1.165) is 4.47 Å². The van der Waals surface area contributed by atoms with Gasteiger partial charge in [-0.1, -0.05) is 5.92 Å². The number of halogens is 1. The zero-order valence-electron chi connectivity index (χ0n) is 8.33. The lowest BCUT2D eigenvalue weighted by Crippen LogP contribution is -2.26. The Morgan fingerprint density at radius 3 is 2.87 bits per heavy atom. The van der Waals surface area contributed by atoms with E-state index < -0.39 is 0 Å². The van der Waals surface area contributed by atoms with Crippen LogP contribution in [0.3, 0.4) is 0 Å². The standard InChI is InChI=1S/C11H11BrN2O/c1-3-6-14(2)11(15)8-4-5-9(12)10(13)7-8/h1,4-5,7H,6,13H2,2H3. The fourth-order valence-electron chi connectivity index (χ4n) is 1.11. The molecule has 0 saturated carbocycles. The molecule has 0 saturated heterocycles. The van der Waals surface area contributed by atoms with Crippen molar-refractivity contribution in [3.8, 4) is 12.3 Å². The lowest BCUT2D eigenvalue weighted by atomic mass is 10.2. The highest BCUT2D eigenvalue weighted by molar-refractivity contribution is 9.10. The molecule has 15 heavy (non-hydrogen) atoms. The molecule has 4 heteroatoms. The molecule has 1 aromatic carbocycles. The van der Waals surface area contributed by atoms with Crippen LogP contribution >= 0.6 is 15.9 Å². The Labute approximate surface area is 97.4 Å². The van der Waals surface area contributed by atoms with Crippen molar-refractivity contribution >= 4 is 27.5 Å². The van der Waals surface area contributed by atoms with Crippen LogP contribution in [0.25, 0.3) is 0 Å². The van der Waals surface area contributed by atoms with E-state index in [0.29, 0.717) is 11.3 Å². The summed E-state index contributed by atoms with van der Waals surface area (Å²) in [6.07, 6.45) is 5.12. The molecule has 0 radical (unpaired) electrons. The number of nitrogens with two attached hydrogens (primary N) is 1. The van der Waals surface area contributed by atoms with Crippen LogP contribution in [0.2, 0.25) is 0 Å². The summed E-state index contributed by atoms with van der Waals surface area (Å²) in [6.45, 7) is 0.287. The van der Waals surface area contributed by atoms with Gasteiger partial charge in [0.2, 0.25) is 0 Å². The molecule has 0 heterocycles. The summed E-state index contributed by atoms with van der Waals surface area (Å²) in [5.74, 6) is 2.28. The lowest BCUT2D eigenvalue weighted by Gasteiger charge is -2.14. The fraction of sp³-hybridized carbons (Fsp3) is 0.182. The molecule has 0 fully saturated rings. The van der Waals surface area contributed by atoms with E-state index in [1.165, 1.54) is 4.90 Å². The summed E-state index contributed by atoms with van der Waals surface area (Å²) in [7, 11) is 1.65. The van der Waals surface area contributed by atoms with Crippen molar-refractivity contribution in [1.82, 2.24) is 4.90 Å². The molecular weight excluding hydrogens is 256 g/mol. The SMILES string of the molecule is C#CCN(C)C(=O)c1ccc(Br)c(N)c1. The van der Waals surface area contributed by atoms with Crippen LogP contribution in [0, 0.1) is 12.3 Å². The molecule has 0 aliphatic rings. The molecule has 1 rings (SSSR count). The van der Waals surface area contributed by atoms with E-state index >= 15 is 0 Å². The van der Waals surface area contributed by atoms with E-state index in [2.05, 4.69) is 21.9 Å². The Morgan fingerprint density at radius 1 is 1.67 bits per heavy atom. The molecule has 0 aliphatic carbocycles. The second-order valence-corrected chi connectivity index (χ2v) is 3.96. The smallest absolute Gasteiger partial charge is 0.254 e. The number of nitrogens with zero attached hydrogens (tertiary/aromatic N) is 1. The second-order valence-electron chi connectivity index (χ2n) is 3.10. The van der Waals surface area contributed by atoms with E-state index in [-0.39, 0.29) is 12.5 Å². The van der Waals surface area contributed by atoms with Gasteiger partial charge in [-0.15, -0.1) is 6.42 Å². The van der Waals surface area contributed by atoms with Gasteiger partial charge in [0.05, 0.1) is 6.54 Å². The number of amides is 1. The summed E-state index contributed by atoms with van der Waals surface area (Å²) in [4.78, 5) is 13.2. The van der Waals surface area contributed by atoms with Gasteiger partial charge in [-0.05, 0) is 34.1 Å². The van der Waals surface area contributed by atoms with Gasteiger partial charge in [0.1, 0.15) is 0 Å². The monoisotopic (exact) mass is 266 g/mol. The fourth-order valence-corrected chi connectivity index (χ4v) is 1.35. The maximum absolute atomic E-state index is 11.8. The third-order valence-electron chi connectivity index (χ3n) is 1.92. The van der Waals surface area contributed by atoms with Crippen LogP contribution in [0.5, 0.6) is 0 Å². The summed E-state index contributed by atoms with van der Waals surface area (Å²) in [5, 5.41) is 0. The minimum Gasteiger partial charge on any atom is -0.398 e. The molecule has 1 amide bonds. The molecule has 78 valence electrons. The quantitative estimate of drug-likeness (QED) is 0.655. The molecule has 3 nitrogen and oxygen atoms in total. The van der Waals surface area contributed by atoms with E-state index in [4.69, 9.17) is 12.2 Å². The maximum Gasteiger partial charge on any atom is 0.254 e. The first-order valence-corrected chi connectivity index (χ1v) is 5.09. The number of hydrogen-bond acceptors (Lipinski definition) is 2. The number of hydrogen-bond donors (Lipinski definition) is 1. The molecule has 0 spiro atoms. The number of anilines is 1. The van der Waals surface area contributed by atoms with Crippen LogP contribution in [0.1, 0.15) is 10.4 Å². The molecule has 1 aromatic rings. The number of rotatable bonds is 2.